The van der Waals surface area contributed by atoms with E-state index in [9.17, 15) is 4.79 Å². The molecule has 118 valence electrons. The highest BCUT2D eigenvalue weighted by atomic mass is 79.9. The van der Waals surface area contributed by atoms with Crippen molar-refractivity contribution in [2.45, 2.75) is 26.7 Å². The lowest BCUT2D eigenvalue weighted by Crippen LogP contribution is -2.38. The quantitative estimate of drug-likeness (QED) is 0.785. The molecular weight excluding hydrogens is 336 g/mol. The molecule has 21 heavy (non-hydrogen) atoms. The Labute approximate surface area is 134 Å². The number of methoxy groups -OCH3 is 1. The zero-order valence-electron chi connectivity index (χ0n) is 12.8. The van der Waals surface area contributed by atoms with Crippen molar-refractivity contribution in [3.8, 4) is 5.75 Å². The van der Waals surface area contributed by atoms with E-state index >= 15 is 0 Å². The van der Waals surface area contributed by atoms with Crippen molar-refractivity contribution in [3.63, 3.8) is 0 Å². The number of hydrogen-bond donors (Lipinski definition) is 2. The number of nitrogens with one attached hydrogen (secondary N) is 1. The Kier molecular flexibility index (Phi) is 7.53. The first kappa shape index (κ1) is 17.8. The minimum absolute atomic E-state index is 0.0480. The van der Waals surface area contributed by atoms with Crippen LogP contribution < -0.4 is 10.1 Å². The minimum atomic E-state index is -0.221. The van der Waals surface area contributed by atoms with E-state index in [1.807, 2.05) is 19.1 Å². The number of urea groups is 1. The van der Waals surface area contributed by atoms with Gasteiger partial charge in [0.15, 0.2) is 0 Å². The van der Waals surface area contributed by atoms with Crippen LogP contribution >= 0.6 is 15.9 Å². The van der Waals surface area contributed by atoms with Gasteiger partial charge in [0.1, 0.15) is 5.75 Å². The molecule has 0 bridgehead atoms. The lowest BCUT2D eigenvalue weighted by atomic mass is 10.2. The van der Waals surface area contributed by atoms with Gasteiger partial charge < -0.3 is 20.1 Å². The van der Waals surface area contributed by atoms with Crippen LogP contribution in [0.4, 0.5) is 10.5 Å². The predicted octanol–water partition coefficient (Wildman–Crippen LogP) is 3.39. The van der Waals surface area contributed by atoms with Crippen LogP contribution in [0, 0.1) is 6.92 Å². The highest BCUT2D eigenvalue weighted by molar-refractivity contribution is 9.10. The third-order valence-corrected chi connectivity index (χ3v) is 3.61. The number of aliphatic hydroxyl groups is 1. The maximum atomic E-state index is 12.4. The molecule has 0 atom stereocenters. The third-order valence-electron chi connectivity index (χ3n) is 3.15. The van der Waals surface area contributed by atoms with Crippen LogP contribution in [0.15, 0.2) is 16.6 Å². The number of amides is 2. The van der Waals surface area contributed by atoms with Crippen molar-refractivity contribution in [1.82, 2.24) is 4.90 Å². The second-order valence-electron chi connectivity index (χ2n) is 4.79. The van der Waals surface area contributed by atoms with E-state index in [0.717, 1.165) is 22.9 Å². The van der Waals surface area contributed by atoms with Gasteiger partial charge in [0.05, 0.1) is 19.4 Å². The van der Waals surface area contributed by atoms with Gasteiger partial charge in [0.2, 0.25) is 0 Å². The molecule has 0 unspecified atom stereocenters. The van der Waals surface area contributed by atoms with Gasteiger partial charge in [-0.2, -0.15) is 0 Å². The zero-order chi connectivity index (χ0) is 15.8. The Balaban J connectivity index is 2.90. The van der Waals surface area contributed by atoms with Crippen LogP contribution in [0.2, 0.25) is 0 Å². The molecule has 0 aliphatic heterocycles. The molecule has 0 aliphatic rings. The fourth-order valence-electron chi connectivity index (χ4n) is 2.00. The molecule has 1 aromatic carbocycles. The number of hydrogen-bond acceptors (Lipinski definition) is 3. The van der Waals surface area contributed by atoms with Crippen LogP contribution in [0.5, 0.6) is 5.75 Å². The number of carbonyl (C=O) groups is 1. The number of nitrogens with zero attached hydrogens (tertiary/aromatic N) is 1. The summed E-state index contributed by atoms with van der Waals surface area (Å²) in [6, 6.07) is 3.51. The van der Waals surface area contributed by atoms with Crippen LogP contribution in [0.1, 0.15) is 25.3 Å². The van der Waals surface area contributed by atoms with Crippen LogP contribution in [0.3, 0.4) is 0 Å². The van der Waals surface area contributed by atoms with Crippen molar-refractivity contribution < 1.29 is 14.6 Å². The van der Waals surface area contributed by atoms with Gasteiger partial charge in [-0.1, -0.05) is 29.3 Å². The normalized spacial score (nSPS) is 10.3. The molecule has 5 nitrogen and oxygen atoms in total. The van der Waals surface area contributed by atoms with Gasteiger partial charge in [-0.15, -0.1) is 0 Å². The number of aryl methyl sites for hydroxylation is 1. The monoisotopic (exact) mass is 358 g/mol. The molecule has 0 spiro atoms. The Bertz CT molecular complexity index is 480. The molecule has 1 rings (SSSR count). The van der Waals surface area contributed by atoms with Crippen molar-refractivity contribution in [1.29, 1.82) is 0 Å². The Morgan fingerprint density at radius 3 is 2.71 bits per heavy atom. The summed E-state index contributed by atoms with van der Waals surface area (Å²) in [7, 11) is 1.57. The van der Waals surface area contributed by atoms with Gasteiger partial charge in [-0.25, -0.2) is 4.79 Å². The number of carbonyl (C=O) groups excluding carboxylic acids is 1. The largest absolute Gasteiger partial charge is 0.495 e. The molecule has 6 heteroatoms. The fraction of sp³-hybridized carbons (Fsp3) is 0.533. The van der Waals surface area contributed by atoms with E-state index in [0.29, 0.717) is 24.5 Å². The standard InChI is InChI=1S/C15H23BrN2O3/c1-4-5-6-18(7-8-19)15(20)17-14-11(2)9-12(16)10-13(14)21-3/h9-10,19H,4-8H2,1-3H3,(H,17,20). The maximum absolute atomic E-state index is 12.4. The number of benzene rings is 1. The number of aliphatic hydroxyl groups excluding tert-OH is 1. The first-order chi connectivity index (χ1) is 10.0. The van der Waals surface area contributed by atoms with E-state index < -0.39 is 0 Å². The van der Waals surface area contributed by atoms with Gasteiger partial charge >= 0.3 is 6.03 Å². The van der Waals surface area contributed by atoms with Gasteiger partial charge in [-0.3, -0.25) is 0 Å². The van der Waals surface area contributed by atoms with Gasteiger partial charge in [0, 0.05) is 17.6 Å². The molecular formula is C15H23BrN2O3. The second kappa shape index (κ2) is 8.89. The maximum Gasteiger partial charge on any atom is 0.322 e. The average molecular weight is 359 g/mol. The first-order valence-corrected chi connectivity index (χ1v) is 7.83. The SMILES string of the molecule is CCCCN(CCO)C(=O)Nc1c(C)cc(Br)cc1OC. The van der Waals surface area contributed by atoms with E-state index in [-0.39, 0.29) is 12.6 Å². The average Bonchev–Trinajstić information content (AvgIpc) is 2.45. The zero-order valence-corrected chi connectivity index (χ0v) is 14.4. The minimum Gasteiger partial charge on any atom is -0.495 e. The van der Waals surface area contributed by atoms with Crippen LogP contribution in [-0.4, -0.2) is 42.8 Å². The summed E-state index contributed by atoms with van der Waals surface area (Å²) < 4.78 is 6.21. The molecule has 2 amide bonds. The highest BCUT2D eigenvalue weighted by Crippen LogP contribution is 2.32. The highest BCUT2D eigenvalue weighted by Gasteiger charge is 2.16. The summed E-state index contributed by atoms with van der Waals surface area (Å²) in [5, 5.41) is 12.0. The first-order valence-electron chi connectivity index (χ1n) is 7.04. The molecule has 0 radical (unpaired) electrons. The van der Waals surface area contributed by atoms with Gasteiger partial charge in [-0.05, 0) is 31.0 Å². The van der Waals surface area contributed by atoms with E-state index in [1.54, 1.807) is 12.0 Å². The Morgan fingerprint density at radius 2 is 2.14 bits per heavy atom. The fourth-order valence-corrected chi connectivity index (χ4v) is 2.56. The summed E-state index contributed by atoms with van der Waals surface area (Å²) in [5.74, 6) is 0.606. The summed E-state index contributed by atoms with van der Waals surface area (Å²) in [5.41, 5.74) is 1.57. The lowest BCUT2D eigenvalue weighted by Gasteiger charge is -2.23. The summed E-state index contributed by atoms with van der Waals surface area (Å²) in [4.78, 5) is 14.0. The van der Waals surface area contributed by atoms with Gasteiger partial charge in [0.25, 0.3) is 0 Å². The van der Waals surface area contributed by atoms with E-state index in [2.05, 4.69) is 28.2 Å². The lowest BCUT2D eigenvalue weighted by molar-refractivity contribution is 0.187. The topological polar surface area (TPSA) is 61.8 Å². The molecule has 2 N–H and O–H groups in total. The molecule has 0 heterocycles. The van der Waals surface area contributed by atoms with Crippen LogP contribution in [-0.2, 0) is 0 Å². The second-order valence-corrected chi connectivity index (χ2v) is 5.71. The predicted molar refractivity (Wildman–Crippen MR) is 88.0 cm³/mol. The van der Waals surface area contributed by atoms with Crippen LogP contribution in [0.25, 0.3) is 0 Å². The Morgan fingerprint density at radius 1 is 1.43 bits per heavy atom. The Hall–Kier alpha value is -1.27. The smallest absolute Gasteiger partial charge is 0.322 e. The molecule has 1 aromatic rings. The van der Waals surface area contributed by atoms with Crippen molar-refractivity contribution in [3.05, 3.63) is 22.2 Å². The summed E-state index contributed by atoms with van der Waals surface area (Å²) in [6.45, 7) is 4.88. The molecule has 0 fully saturated rings. The molecule has 0 aliphatic carbocycles. The number of ether oxygens (including phenoxy) is 1. The van der Waals surface area contributed by atoms with E-state index in [4.69, 9.17) is 9.84 Å². The van der Waals surface area contributed by atoms with E-state index in [1.165, 1.54) is 0 Å². The summed E-state index contributed by atoms with van der Waals surface area (Å²) >= 11 is 3.41. The number of halogens is 1. The number of rotatable bonds is 7. The number of anilines is 1. The number of unbranched alkanes of at least 4 members (excludes halogenated alkanes) is 1. The molecule has 0 aromatic heterocycles. The molecule has 0 saturated heterocycles. The third kappa shape index (κ3) is 5.21. The van der Waals surface area contributed by atoms with Crippen molar-refractivity contribution in [2.24, 2.45) is 0 Å². The van der Waals surface area contributed by atoms with Crippen molar-refractivity contribution in [2.75, 3.05) is 32.1 Å². The summed E-state index contributed by atoms with van der Waals surface area (Å²) in [6.07, 6.45) is 1.90. The molecule has 0 saturated carbocycles. The van der Waals surface area contributed by atoms with Crippen molar-refractivity contribution >= 4 is 27.6 Å².